The van der Waals surface area contributed by atoms with Gasteiger partial charge in [-0.3, -0.25) is 4.39 Å². The van der Waals surface area contributed by atoms with Gasteiger partial charge in [0.05, 0.1) is 18.4 Å². The first-order valence-electron chi connectivity index (χ1n) is 5.70. The average molecular weight is 272 g/mol. The Hall–Kier alpha value is -0.460. The van der Waals surface area contributed by atoms with Crippen molar-refractivity contribution in [1.29, 1.82) is 0 Å². The fourth-order valence-electron chi connectivity index (χ4n) is 1.68. The molecule has 0 saturated heterocycles. The van der Waals surface area contributed by atoms with E-state index in [1.807, 2.05) is 0 Å². The maximum absolute atomic E-state index is 12.1. The molecule has 3 nitrogen and oxygen atoms in total. The molecule has 0 aliphatic carbocycles. The zero-order valence-electron chi connectivity index (χ0n) is 9.86. The summed E-state index contributed by atoms with van der Waals surface area (Å²) in [7, 11) is 2.11. The van der Waals surface area contributed by atoms with E-state index in [2.05, 4.69) is 26.8 Å². The molecule has 1 aromatic rings. The standard InChI is InChI=1S/C11H16FN3S2/c1-15-6-3-9(4-7-15)10-11(14-17-13-10)16-8-2-5-12/h3H,2,4-8H2,1H3/i12-1. The molecule has 1 aliphatic rings. The Morgan fingerprint density at radius 1 is 1.53 bits per heavy atom. The van der Waals surface area contributed by atoms with Crippen LogP contribution in [-0.2, 0) is 0 Å². The Morgan fingerprint density at radius 2 is 2.41 bits per heavy atom. The van der Waals surface area contributed by atoms with Gasteiger partial charge in [0.25, 0.3) is 0 Å². The highest BCUT2D eigenvalue weighted by molar-refractivity contribution is 7.99. The Bertz CT molecular complexity index is 392. The molecular weight excluding hydrogens is 256 g/mol. The number of nitrogens with zero attached hydrogens (tertiary/aromatic N) is 3. The number of alkyl halides is 1. The van der Waals surface area contributed by atoms with Gasteiger partial charge in [-0.1, -0.05) is 6.08 Å². The van der Waals surface area contributed by atoms with Crippen LogP contribution in [0.15, 0.2) is 11.1 Å². The second-order valence-electron chi connectivity index (χ2n) is 4.05. The maximum Gasteiger partial charge on any atom is 0.138 e. The summed E-state index contributed by atoms with van der Waals surface area (Å²) < 4.78 is 20.7. The van der Waals surface area contributed by atoms with Gasteiger partial charge in [0.2, 0.25) is 0 Å². The van der Waals surface area contributed by atoms with Crippen LogP contribution >= 0.6 is 23.5 Å². The predicted octanol–water partition coefficient (Wildman–Crippen LogP) is 2.71. The van der Waals surface area contributed by atoms with E-state index in [0.717, 1.165) is 36.0 Å². The van der Waals surface area contributed by atoms with E-state index in [-0.39, 0.29) is 6.67 Å². The van der Waals surface area contributed by atoms with Crippen LogP contribution in [0.3, 0.4) is 0 Å². The number of hydrogen-bond acceptors (Lipinski definition) is 5. The van der Waals surface area contributed by atoms with Crippen LogP contribution in [0.5, 0.6) is 0 Å². The van der Waals surface area contributed by atoms with Crippen LogP contribution in [0, 0.1) is 0 Å². The van der Waals surface area contributed by atoms with Crippen molar-refractivity contribution in [2.24, 2.45) is 0 Å². The van der Waals surface area contributed by atoms with E-state index < -0.39 is 0 Å². The van der Waals surface area contributed by atoms with Crippen molar-refractivity contribution < 1.29 is 4.39 Å². The minimum absolute atomic E-state index is 0.257. The largest absolute Gasteiger partial charge is 0.302 e. The molecule has 17 heavy (non-hydrogen) atoms. The molecule has 0 unspecified atom stereocenters. The molecular formula is C11H16FN3S2. The number of thioether (sulfide) groups is 1. The average Bonchev–Trinajstić information content (AvgIpc) is 2.79. The first-order valence-corrected chi connectivity index (χ1v) is 7.42. The molecule has 94 valence electrons. The molecule has 0 amide bonds. The fraction of sp³-hybridized carbons (Fsp3) is 0.636. The van der Waals surface area contributed by atoms with E-state index in [1.54, 1.807) is 11.8 Å². The van der Waals surface area contributed by atoms with Gasteiger partial charge in [0, 0.05) is 18.8 Å². The molecule has 2 rings (SSSR count). The lowest BCUT2D eigenvalue weighted by Crippen LogP contribution is -2.23. The van der Waals surface area contributed by atoms with Crippen molar-refractivity contribution in [2.45, 2.75) is 17.9 Å². The lowest BCUT2D eigenvalue weighted by atomic mass is 10.1. The monoisotopic (exact) mass is 272 g/mol. The summed E-state index contributed by atoms with van der Waals surface area (Å²) in [5.41, 5.74) is 2.31. The third-order valence-corrected chi connectivity index (χ3v) is 4.39. The van der Waals surface area contributed by atoms with Gasteiger partial charge >= 0.3 is 0 Å². The Morgan fingerprint density at radius 3 is 3.12 bits per heavy atom. The quantitative estimate of drug-likeness (QED) is 0.609. The fourth-order valence-corrected chi connectivity index (χ4v) is 3.30. The van der Waals surface area contributed by atoms with Crippen LogP contribution in [0.25, 0.3) is 5.57 Å². The van der Waals surface area contributed by atoms with Crippen LogP contribution in [0.2, 0.25) is 0 Å². The second-order valence-corrected chi connectivity index (χ2v) is 5.66. The topological polar surface area (TPSA) is 29.0 Å². The molecule has 1 aliphatic heterocycles. The van der Waals surface area contributed by atoms with Crippen molar-refractivity contribution >= 4 is 29.1 Å². The number of halogens is 1. The molecule has 0 atom stereocenters. The number of hydrogen-bond donors (Lipinski definition) is 0. The Kier molecular flexibility index (Phi) is 4.94. The minimum atomic E-state index is -0.257. The Labute approximate surface area is 109 Å². The van der Waals surface area contributed by atoms with E-state index in [0.29, 0.717) is 6.42 Å². The normalized spacial score (nSPS) is 17.2. The van der Waals surface area contributed by atoms with Crippen LogP contribution < -0.4 is 0 Å². The minimum Gasteiger partial charge on any atom is -0.302 e. The highest BCUT2D eigenvalue weighted by atomic mass is 32.2. The summed E-state index contributed by atoms with van der Waals surface area (Å²) in [4.78, 5) is 2.28. The molecule has 1 aromatic heterocycles. The van der Waals surface area contributed by atoms with E-state index in [4.69, 9.17) is 0 Å². The second kappa shape index (κ2) is 6.47. The molecule has 0 aromatic carbocycles. The Balaban J connectivity index is 2.03. The van der Waals surface area contributed by atoms with Gasteiger partial charge in [0.15, 0.2) is 0 Å². The van der Waals surface area contributed by atoms with Gasteiger partial charge in [-0.2, -0.15) is 8.75 Å². The third kappa shape index (κ3) is 3.50. The van der Waals surface area contributed by atoms with Gasteiger partial charge in [-0.15, -0.1) is 11.8 Å². The van der Waals surface area contributed by atoms with Gasteiger partial charge < -0.3 is 4.90 Å². The maximum atomic E-state index is 12.1. The molecule has 0 bridgehead atoms. The third-order valence-electron chi connectivity index (χ3n) is 2.69. The molecule has 0 N–H and O–H groups in total. The number of aromatic nitrogens is 2. The first-order chi connectivity index (χ1) is 8.31. The van der Waals surface area contributed by atoms with Crippen LogP contribution in [0.4, 0.5) is 4.39 Å². The number of likely N-dealkylation sites (N-methyl/N-ethyl adjacent to an activating group) is 1. The highest BCUT2D eigenvalue weighted by Crippen LogP contribution is 2.30. The summed E-state index contributed by atoms with van der Waals surface area (Å²) in [6, 6.07) is 0. The van der Waals surface area contributed by atoms with Crippen molar-refractivity contribution in [3.8, 4) is 0 Å². The molecule has 0 radical (unpaired) electrons. The summed E-state index contributed by atoms with van der Waals surface area (Å²) in [5, 5.41) is 0.972. The van der Waals surface area contributed by atoms with Gasteiger partial charge in [-0.05, 0) is 25.5 Å². The van der Waals surface area contributed by atoms with Gasteiger partial charge in [0.1, 0.15) is 10.7 Å². The highest BCUT2D eigenvalue weighted by Gasteiger charge is 2.16. The molecule has 0 spiro atoms. The lowest BCUT2D eigenvalue weighted by Gasteiger charge is -2.21. The van der Waals surface area contributed by atoms with E-state index in [9.17, 15) is 4.39 Å². The molecule has 2 heterocycles. The van der Waals surface area contributed by atoms with Crippen molar-refractivity contribution in [3.63, 3.8) is 0 Å². The smallest absolute Gasteiger partial charge is 0.138 e. The van der Waals surface area contributed by atoms with Crippen molar-refractivity contribution in [1.82, 2.24) is 13.6 Å². The summed E-state index contributed by atoms with van der Waals surface area (Å²) in [6.45, 7) is 1.78. The van der Waals surface area contributed by atoms with Crippen molar-refractivity contribution in [3.05, 3.63) is 11.8 Å². The summed E-state index contributed by atoms with van der Waals surface area (Å²) >= 11 is 2.86. The molecule has 0 saturated carbocycles. The zero-order valence-corrected chi connectivity index (χ0v) is 11.5. The first kappa shape index (κ1) is 13.0. The van der Waals surface area contributed by atoms with E-state index in [1.165, 1.54) is 17.3 Å². The molecule has 6 heteroatoms. The van der Waals surface area contributed by atoms with Gasteiger partial charge in [-0.25, -0.2) is 0 Å². The SMILES string of the molecule is CN1CC=C(c2nsnc2SCCC[18F])CC1. The molecule has 0 fully saturated rings. The number of rotatable bonds is 5. The lowest BCUT2D eigenvalue weighted by molar-refractivity contribution is 0.369. The van der Waals surface area contributed by atoms with E-state index >= 15 is 0 Å². The summed E-state index contributed by atoms with van der Waals surface area (Å²) in [6.07, 6.45) is 3.83. The zero-order chi connectivity index (χ0) is 12.1. The van der Waals surface area contributed by atoms with Crippen LogP contribution in [0.1, 0.15) is 18.5 Å². The summed E-state index contributed by atoms with van der Waals surface area (Å²) in [5.74, 6) is 0.780. The predicted molar refractivity (Wildman–Crippen MR) is 71.3 cm³/mol. The van der Waals surface area contributed by atoms with Crippen molar-refractivity contribution in [2.75, 3.05) is 32.6 Å². The van der Waals surface area contributed by atoms with Crippen LogP contribution in [-0.4, -0.2) is 46.2 Å².